The zero-order valence-electron chi connectivity index (χ0n) is 19.6. The third-order valence-electron chi connectivity index (χ3n) is 5.53. The largest absolute Gasteiger partial charge is 0.500 e. The standard InChI is InChI=1S/C18H46N2O5Si3/c1-20(2)15-11-9-10-13-18(28(23-5,24-6)25-7)26-17-19-14-12-16-27(8,21-3)22-4/h18-19H,9-17,26H2,1-8H3. The third-order valence-corrected chi connectivity index (χ3v) is 15.6. The van der Waals surface area contributed by atoms with Crippen LogP contribution in [0.5, 0.6) is 0 Å². The summed E-state index contributed by atoms with van der Waals surface area (Å²) in [6.07, 6.45) is 6.99. The Bertz CT molecular complexity index is 365. The summed E-state index contributed by atoms with van der Waals surface area (Å²) in [5.41, 5.74) is 0. The average molecular weight is 455 g/mol. The molecule has 0 amide bonds. The second-order valence-corrected chi connectivity index (χ2v) is 17.5. The molecule has 0 aliphatic heterocycles. The fourth-order valence-electron chi connectivity index (χ4n) is 3.47. The van der Waals surface area contributed by atoms with E-state index < -0.39 is 26.9 Å². The van der Waals surface area contributed by atoms with Gasteiger partial charge in [0.15, 0.2) is 0 Å². The smallest absolute Gasteiger partial charge is 0.398 e. The van der Waals surface area contributed by atoms with E-state index in [1.165, 1.54) is 19.3 Å². The lowest BCUT2D eigenvalue weighted by molar-refractivity contribution is 0.118. The van der Waals surface area contributed by atoms with E-state index in [-0.39, 0.29) is 0 Å². The maximum Gasteiger partial charge on any atom is 0.500 e. The number of nitrogens with one attached hydrogen (secondary N) is 1. The highest BCUT2D eigenvalue weighted by Crippen LogP contribution is 2.28. The minimum absolute atomic E-state index is 0.420. The van der Waals surface area contributed by atoms with Gasteiger partial charge in [0.25, 0.3) is 0 Å². The second-order valence-electron chi connectivity index (χ2n) is 7.75. The molecule has 0 saturated carbocycles. The summed E-state index contributed by atoms with van der Waals surface area (Å²) in [4.78, 5) is 2.25. The van der Waals surface area contributed by atoms with Crippen molar-refractivity contribution in [2.45, 2.75) is 49.9 Å². The molecule has 0 aromatic heterocycles. The summed E-state index contributed by atoms with van der Waals surface area (Å²) < 4.78 is 28.5. The highest BCUT2D eigenvalue weighted by atomic mass is 28.4. The van der Waals surface area contributed by atoms with Crippen molar-refractivity contribution in [2.75, 3.05) is 68.9 Å². The first-order chi connectivity index (χ1) is 13.3. The first kappa shape index (κ1) is 28.4. The van der Waals surface area contributed by atoms with Crippen molar-refractivity contribution in [3.05, 3.63) is 0 Å². The molecule has 0 saturated heterocycles. The minimum atomic E-state index is -2.56. The Morgan fingerprint density at radius 1 is 0.857 bits per heavy atom. The van der Waals surface area contributed by atoms with E-state index in [1.54, 1.807) is 35.5 Å². The van der Waals surface area contributed by atoms with Crippen LogP contribution in [-0.2, 0) is 22.1 Å². The molecule has 1 unspecified atom stereocenters. The quantitative estimate of drug-likeness (QED) is 0.236. The third kappa shape index (κ3) is 11.0. The minimum Gasteiger partial charge on any atom is -0.398 e. The maximum absolute atomic E-state index is 5.81. The van der Waals surface area contributed by atoms with Crippen molar-refractivity contribution in [3.63, 3.8) is 0 Å². The van der Waals surface area contributed by atoms with E-state index in [0.29, 0.717) is 5.16 Å². The Morgan fingerprint density at radius 3 is 1.96 bits per heavy atom. The molecule has 170 valence electrons. The second kappa shape index (κ2) is 16.1. The molecule has 0 rings (SSSR count). The van der Waals surface area contributed by atoms with Gasteiger partial charge < -0.3 is 32.3 Å². The lowest BCUT2D eigenvalue weighted by atomic mass is 10.2. The van der Waals surface area contributed by atoms with Crippen molar-refractivity contribution in [3.8, 4) is 0 Å². The fourth-order valence-corrected chi connectivity index (χ4v) is 11.6. The average Bonchev–Trinajstić information content (AvgIpc) is 2.70. The number of nitrogens with zero attached hydrogens (tertiary/aromatic N) is 1. The van der Waals surface area contributed by atoms with Crippen molar-refractivity contribution >= 4 is 26.9 Å². The molecular weight excluding hydrogens is 408 g/mol. The predicted molar refractivity (Wildman–Crippen MR) is 124 cm³/mol. The number of unbranched alkanes of at least 4 members (excludes halogenated alkanes) is 2. The van der Waals surface area contributed by atoms with Crippen LogP contribution in [-0.4, -0.2) is 101 Å². The highest BCUT2D eigenvalue weighted by Gasteiger charge is 2.46. The zero-order valence-corrected chi connectivity index (χ0v) is 23.1. The predicted octanol–water partition coefficient (Wildman–Crippen LogP) is 1.79. The van der Waals surface area contributed by atoms with E-state index in [9.17, 15) is 0 Å². The van der Waals surface area contributed by atoms with Crippen molar-refractivity contribution in [1.29, 1.82) is 0 Å². The van der Waals surface area contributed by atoms with Gasteiger partial charge in [0.1, 0.15) is 0 Å². The van der Waals surface area contributed by atoms with E-state index >= 15 is 0 Å². The lowest BCUT2D eigenvalue weighted by Crippen LogP contribution is -2.51. The SMILES string of the molecule is CO[Si](C)(CCCNC[SiH2]C(CCCCCN(C)C)[Si](OC)(OC)OC)OC. The van der Waals surface area contributed by atoms with Crippen LogP contribution < -0.4 is 5.32 Å². The maximum atomic E-state index is 5.81. The summed E-state index contributed by atoms with van der Waals surface area (Å²) in [7, 11) is 8.05. The zero-order chi connectivity index (χ0) is 21.5. The van der Waals surface area contributed by atoms with Crippen molar-refractivity contribution in [1.82, 2.24) is 10.2 Å². The Labute approximate surface area is 178 Å². The molecule has 0 aliphatic carbocycles. The molecule has 0 bridgehead atoms. The van der Waals surface area contributed by atoms with Gasteiger partial charge >= 0.3 is 17.4 Å². The summed E-state index contributed by atoms with van der Waals surface area (Å²) in [5.74, 6) is 0. The monoisotopic (exact) mass is 454 g/mol. The topological polar surface area (TPSA) is 61.4 Å². The van der Waals surface area contributed by atoms with E-state index in [1.807, 2.05) is 0 Å². The van der Waals surface area contributed by atoms with Gasteiger partial charge in [0.05, 0.1) is 0 Å². The van der Waals surface area contributed by atoms with E-state index in [4.69, 9.17) is 22.1 Å². The van der Waals surface area contributed by atoms with Gasteiger partial charge in [0.2, 0.25) is 0 Å². The Balaban J connectivity index is 4.41. The van der Waals surface area contributed by atoms with Crippen molar-refractivity contribution < 1.29 is 22.1 Å². The number of rotatable bonds is 19. The van der Waals surface area contributed by atoms with E-state index in [2.05, 4.69) is 30.9 Å². The Morgan fingerprint density at radius 2 is 1.46 bits per heavy atom. The molecule has 0 fully saturated rings. The molecule has 0 aromatic rings. The Hall–Kier alpha value is 0.371. The first-order valence-electron chi connectivity index (χ1n) is 10.4. The van der Waals surface area contributed by atoms with Crippen LogP contribution in [0.4, 0.5) is 0 Å². The Kier molecular flexibility index (Phi) is 16.3. The van der Waals surface area contributed by atoms with Crippen LogP contribution in [0.25, 0.3) is 0 Å². The molecular formula is C18H46N2O5Si3. The number of hydrogen-bond acceptors (Lipinski definition) is 7. The van der Waals surface area contributed by atoms with Crippen LogP contribution in [0.1, 0.15) is 32.1 Å². The molecule has 0 aromatic carbocycles. The molecule has 0 radical (unpaired) electrons. The van der Waals surface area contributed by atoms with Crippen LogP contribution in [0, 0.1) is 0 Å². The van der Waals surface area contributed by atoms with Crippen LogP contribution in [0.15, 0.2) is 0 Å². The molecule has 0 spiro atoms. The van der Waals surface area contributed by atoms with Gasteiger partial charge in [0, 0.05) is 50.2 Å². The normalized spacial score (nSPS) is 14.5. The molecule has 28 heavy (non-hydrogen) atoms. The molecule has 0 aliphatic rings. The van der Waals surface area contributed by atoms with Gasteiger partial charge in [-0.25, -0.2) is 0 Å². The van der Waals surface area contributed by atoms with Gasteiger partial charge in [-0.15, -0.1) is 0 Å². The van der Waals surface area contributed by atoms with Gasteiger partial charge in [-0.05, 0) is 65.2 Å². The summed E-state index contributed by atoms with van der Waals surface area (Å²) in [6.45, 7) is 4.26. The van der Waals surface area contributed by atoms with Gasteiger partial charge in [-0.2, -0.15) is 0 Å². The molecule has 0 heterocycles. The molecule has 1 atom stereocenters. The van der Waals surface area contributed by atoms with Gasteiger partial charge in [-0.3, -0.25) is 0 Å². The lowest BCUT2D eigenvalue weighted by Gasteiger charge is -2.32. The first-order valence-corrected chi connectivity index (χ1v) is 16.6. The molecule has 7 nitrogen and oxygen atoms in total. The van der Waals surface area contributed by atoms with Crippen LogP contribution >= 0.6 is 0 Å². The summed E-state index contributed by atoms with van der Waals surface area (Å²) in [5, 5.41) is 4.07. The van der Waals surface area contributed by atoms with Crippen molar-refractivity contribution in [2.24, 2.45) is 0 Å². The molecule has 1 N–H and O–H groups in total. The summed E-state index contributed by atoms with van der Waals surface area (Å²) >= 11 is 0. The van der Waals surface area contributed by atoms with Crippen LogP contribution in [0.2, 0.25) is 17.8 Å². The van der Waals surface area contributed by atoms with Crippen LogP contribution in [0.3, 0.4) is 0 Å². The summed E-state index contributed by atoms with van der Waals surface area (Å²) in [6, 6.07) is 1.01. The highest BCUT2D eigenvalue weighted by molar-refractivity contribution is 6.73. The van der Waals surface area contributed by atoms with E-state index in [0.717, 1.165) is 38.1 Å². The fraction of sp³-hybridized carbons (Fsp3) is 1.00. The number of hydrogen-bond donors (Lipinski definition) is 1. The van der Waals surface area contributed by atoms with Gasteiger partial charge in [-0.1, -0.05) is 12.8 Å². The molecule has 10 heteroatoms.